The van der Waals surface area contributed by atoms with Gasteiger partial charge in [0.15, 0.2) is 0 Å². The highest BCUT2D eigenvalue weighted by molar-refractivity contribution is 5.59. The van der Waals surface area contributed by atoms with Gasteiger partial charge in [-0.2, -0.15) is 0 Å². The van der Waals surface area contributed by atoms with Crippen molar-refractivity contribution in [3.05, 3.63) is 42.2 Å². The molecule has 4 N–H and O–H groups in total. The molecule has 6 nitrogen and oxygen atoms in total. The topological polar surface area (TPSA) is 79.1 Å². The maximum absolute atomic E-state index is 5.70. The lowest BCUT2D eigenvalue weighted by Crippen LogP contribution is -2.36. The summed E-state index contributed by atoms with van der Waals surface area (Å²) < 4.78 is 0. The third kappa shape index (κ3) is 4.90. The first-order valence-corrected chi connectivity index (χ1v) is 8.95. The van der Waals surface area contributed by atoms with Crippen LogP contribution in [0, 0.1) is 0 Å². The van der Waals surface area contributed by atoms with Crippen molar-refractivity contribution in [3.8, 4) is 0 Å². The van der Waals surface area contributed by atoms with Gasteiger partial charge in [0, 0.05) is 30.4 Å². The molecular weight excluding hydrogens is 312 g/mol. The Morgan fingerprint density at radius 3 is 2.56 bits per heavy atom. The maximum atomic E-state index is 5.70. The molecule has 3 rings (SSSR count). The first-order chi connectivity index (χ1) is 12.1. The fourth-order valence-electron chi connectivity index (χ4n) is 3.37. The van der Waals surface area contributed by atoms with Crippen LogP contribution in [0.1, 0.15) is 31.2 Å². The van der Waals surface area contributed by atoms with Gasteiger partial charge in [-0.3, -0.25) is 0 Å². The molecule has 2 aromatic rings. The lowest BCUT2D eigenvalue weighted by atomic mass is 9.90. The summed E-state index contributed by atoms with van der Waals surface area (Å²) in [5.41, 5.74) is 7.78. The summed E-state index contributed by atoms with van der Waals surface area (Å²) in [6.45, 7) is 0.529. The van der Waals surface area contributed by atoms with Crippen LogP contribution in [0.4, 0.5) is 17.3 Å². The lowest BCUT2D eigenvalue weighted by Gasteiger charge is -2.33. The standard InChI is InChI=1S/C19H28N6/c1-25(2)17-8-6-15(7-9-17)23-18-11-19(22-13-21-18)24-16-5-3-4-14(10-16)12-20/h3-5,10-11,13,15,17H,6-9,12,20H2,1-2H3,(H2,21,22,23,24). The zero-order valence-corrected chi connectivity index (χ0v) is 15.1. The Balaban J connectivity index is 1.60. The van der Waals surface area contributed by atoms with Crippen LogP contribution in [-0.2, 0) is 6.54 Å². The lowest BCUT2D eigenvalue weighted by molar-refractivity contribution is 0.221. The van der Waals surface area contributed by atoms with Crippen molar-refractivity contribution < 1.29 is 0 Å². The molecule has 0 amide bonds. The van der Waals surface area contributed by atoms with Gasteiger partial charge in [-0.25, -0.2) is 9.97 Å². The van der Waals surface area contributed by atoms with Gasteiger partial charge in [0.1, 0.15) is 18.0 Å². The summed E-state index contributed by atoms with van der Waals surface area (Å²) >= 11 is 0. The number of nitrogens with zero attached hydrogens (tertiary/aromatic N) is 3. The maximum Gasteiger partial charge on any atom is 0.135 e. The molecule has 0 spiro atoms. The van der Waals surface area contributed by atoms with E-state index in [2.05, 4.69) is 39.6 Å². The summed E-state index contributed by atoms with van der Waals surface area (Å²) in [6, 6.07) is 11.2. The minimum atomic E-state index is 0.486. The molecule has 1 fully saturated rings. The summed E-state index contributed by atoms with van der Waals surface area (Å²) in [6.07, 6.45) is 6.41. The van der Waals surface area contributed by atoms with E-state index >= 15 is 0 Å². The molecule has 1 aliphatic rings. The molecular formula is C19H28N6. The third-order valence-electron chi connectivity index (χ3n) is 4.88. The first-order valence-electron chi connectivity index (χ1n) is 8.95. The van der Waals surface area contributed by atoms with Crippen molar-refractivity contribution in [2.24, 2.45) is 5.73 Å². The minimum Gasteiger partial charge on any atom is -0.367 e. The van der Waals surface area contributed by atoms with Crippen molar-refractivity contribution in [3.63, 3.8) is 0 Å². The van der Waals surface area contributed by atoms with Crippen LogP contribution in [0.5, 0.6) is 0 Å². The quantitative estimate of drug-likeness (QED) is 0.750. The van der Waals surface area contributed by atoms with E-state index in [0.29, 0.717) is 18.6 Å². The molecule has 0 radical (unpaired) electrons. The predicted molar refractivity (Wildman–Crippen MR) is 103 cm³/mol. The van der Waals surface area contributed by atoms with Crippen LogP contribution in [0.15, 0.2) is 36.7 Å². The Labute approximate surface area is 149 Å². The van der Waals surface area contributed by atoms with Gasteiger partial charge in [-0.15, -0.1) is 0 Å². The average molecular weight is 340 g/mol. The van der Waals surface area contributed by atoms with E-state index in [9.17, 15) is 0 Å². The molecule has 1 aliphatic carbocycles. The van der Waals surface area contributed by atoms with E-state index in [1.54, 1.807) is 6.33 Å². The molecule has 134 valence electrons. The number of benzene rings is 1. The summed E-state index contributed by atoms with van der Waals surface area (Å²) in [4.78, 5) is 11.0. The first kappa shape index (κ1) is 17.6. The molecule has 25 heavy (non-hydrogen) atoms. The van der Waals surface area contributed by atoms with Crippen molar-refractivity contribution in [1.29, 1.82) is 0 Å². The predicted octanol–water partition coefficient (Wildman–Crippen LogP) is 2.96. The van der Waals surface area contributed by atoms with Crippen LogP contribution in [0.2, 0.25) is 0 Å². The van der Waals surface area contributed by atoms with Gasteiger partial charge in [-0.1, -0.05) is 12.1 Å². The second-order valence-electron chi connectivity index (χ2n) is 6.93. The molecule has 0 aliphatic heterocycles. The van der Waals surface area contributed by atoms with E-state index in [0.717, 1.165) is 22.9 Å². The Kier molecular flexibility index (Phi) is 5.83. The number of rotatable bonds is 6. The number of nitrogens with two attached hydrogens (primary N) is 1. The van der Waals surface area contributed by atoms with Crippen LogP contribution < -0.4 is 16.4 Å². The van der Waals surface area contributed by atoms with Gasteiger partial charge in [0.05, 0.1) is 0 Å². The number of hydrogen-bond donors (Lipinski definition) is 3. The second-order valence-corrected chi connectivity index (χ2v) is 6.93. The van der Waals surface area contributed by atoms with E-state index in [1.165, 1.54) is 25.7 Å². The highest BCUT2D eigenvalue weighted by atomic mass is 15.1. The molecule has 1 saturated carbocycles. The third-order valence-corrected chi connectivity index (χ3v) is 4.88. The molecule has 6 heteroatoms. The SMILES string of the molecule is CN(C)C1CCC(Nc2cc(Nc3cccc(CN)c3)ncn2)CC1. The fourth-order valence-corrected chi connectivity index (χ4v) is 3.37. The molecule has 0 unspecified atom stereocenters. The Morgan fingerprint density at radius 1 is 1.08 bits per heavy atom. The summed E-state index contributed by atoms with van der Waals surface area (Å²) in [5, 5.41) is 6.88. The Bertz CT molecular complexity index is 679. The summed E-state index contributed by atoms with van der Waals surface area (Å²) in [5.74, 6) is 1.66. The fraction of sp³-hybridized carbons (Fsp3) is 0.474. The molecule has 0 atom stereocenters. The zero-order chi connectivity index (χ0) is 17.6. The van der Waals surface area contributed by atoms with Crippen LogP contribution in [-0.4, -0.2) is 41.0 Å². The Morgan fingerprint density at radius 2 is 1.84 bits per heavy atom. The Hall–Kier alpha value is -2.18. The summed E-state index contributed by atoms with van der Waals surface area (Å²) in [7, 11) is 4.33. The van der Waals surface area contributed by atoms with Gasteiger partial charge in [0.25, 0.3) is 0 Å². The highest BCUT2D eigenvalue weighted by Gasteiger charge is 2.22. The smallest absolute Gasteiger partial charge is 0.135 e. The van der Waals surface area contributed by atoms with Gasteiger partial charge in [-0.05, 0) is 57.5 Å². The van der Waals surface area contributed by atoms with Gasteiger partial charge in [0.2, 0.25) is 0 Å². The number of hydrogen-bond acceptors (Lipinski definition) is 6. The van der Waals surface area contributed by atoms with E-state index in [-0.39, 0.29) is 0 Å². The van der Waals surface area contributed by atoms with Crippen molar-refractivity contribution >= 4 is 17.3 Å². The number of aromatic nitrogens is 2. The highest BCUT2D eigenvalue weighted by Crippen LogP contribution is 2.25. The van der Waals surface area contributed by atoms with Crippen LogP contribution in [0.3, 0.4) is 0 Å². The van der Waals surface area contributed by atoms with Crippen molar-refractivity contribution in [1.82, 2.24) is 14.9 Å². The number of nitrogens with one attached hydrogen (secondary N) is 2. The molecule has 1 aromatic heterocycles. The normalized spacial score (nSPS) is 20.5. The van der Waals surface area contributed by atoms with Crippen LogP contribution in [0.25, 0.3) is 0 Å². The zero-order valence-electron chi connectivity index (χ0n) is 15.1. The second kappa shape index (κ2) is 8.27. The number of anilines is 3. The molecule has 1 heterocycles. The van der Waals surface area contributed by atoms with E-state index in [1.807, 2.05) is 30.3 Å². The molecule has 0 saturated heterocycles. The van der Waals surface area contributed by atoms with Crippen molar-refractivity contribution in [2.45, 2.75) is 44.3 Å². The molecule has 1 aromatic carbocycles. The minimum absolute atomic E-state index is 0.486. The molecule has 0 bridgehead atoms. The van der Waals surface area contributed by atoms with E-state index in [4.69, 9.17) is 5.73 Å². The van der Waals surface area contributed by atoms with E-state index < -0.39 is 0 Å². The average Bonchev–Trinajstić information content (AvgIpc) is 2.62. The van der Waals surface area contributed by atoms with Gasteiger partial charge >= 0.3 is 0 Å². The van der Waals surface area contributed by atoms with Gasteiger partial charge < -0.3 is 21.3 Å². The monoisotopic (exact) mass is 340 g/mol. The van der Waals surface area contributed by atoms with Crippen LogP contribution >= 0.6 is 0 Å². The van der Waals surface area contributed by atoms with Crippen molar-refractivity contribution in [2.75, 3.05) is 24.7 Å². The largest absolute Gasteiger partial charge is 0.367 e.